The molecule has 8 aromatic rings. The highest BCUT2D eigenvalue weighted by atomic mass is 19.1. The molecule has 0 aliphatic carbocycles. The van der Waals surface area contributed by atoms with Crippen molar-refractivity contribution in [3.05, 3.63) is 185 Å². The van der Waals surface area contributed by atoms with Crippen LogP contribution in [-0.4, -0.2) is 49.6 Å². The molecule has 11 nitrogen and oxygen atoms in total. The zero-order valence-electron chi connectivity index (χ0n) is 37.0. The zero-order valence-corrected chi connectivity index (χ0v) is 37.0. The van der Waals surface area contributed by atoms with E-state index in [0.29, 0.717) is 51.4 Å². The van der Waals surface area contributed by atoms with E-state index in [1.54, 1.807) is 25.6 Å². The number of amides is 3. The first-order valence-corrected chi connectivity index (χ1v) is 22.7. The van der Waals surface area contributed by atoms with Crippen molar-refractivity contribution in [2.75, 3.05) is 14.7 Å². The van der Waals surface area contributed by atoms with Crippen LogP contribution in [0.2, 0.25) is 0 Å². The summed E-state index contributed by atoms with van der Waals surface area (Å²) < 4.78 is 25.6. The summed E-state index contributed by atoms with van der Waals surface area (Å²) in [6, 6.07) is 45.7. The number of aliphatic hydroxyl groups is 1. The van der Waals surface area contributed by atoms with Crippen molar-refractivity contribution in [3.63, 3.8) is 0 Å². The lowest BCUT2D eigenvalue weighted by molar-refractivity contribution is -0.146. The number of aryl methyl sites for hydroxylation is 1. The molecule has 332 valence electrons. The summed E-state index contributed by atoms with van der Waals surface area (Å²) in [5, 5.41) is 23.3. The van der Waals surface area contributed by atoms with Crippen LogP contribution < -0.4 is 14.7 Å². The van der Waals surface area contributed by atoms with E-state index in [1.165, 1.54) is 13.8 Å². The SMILES string of the molecule is C[C@H]1[C@H](C(C)(C)F)[C@@H](CCn2cc([C@H](O)c3ccccc3)nn2)O[C@]12C(=O)N(Cc1ccc(N3C(=O)c4cccc5cccc3c45)cc1)c1ccc(N3C(=O)c4cccc5cccc3c45)cc12. The van der Waals surface area contributed by atoms with Crippen LogP contribution in [0.4, 0.5) is 32.8 Å². The van der Waals surface area contributed by atoms with Crippen molar-refractivity contribution in [1.29, 1.82) is 0 Å². The lowest BCUT2D eigenvalue weighted by atomic mass is 9.71. The molecular weight excluding hydrogens is 844 g/mol. The predicted molar refractivity (Wildman–Crippen MR) is 254 cm³/mol. The standard InChI is InChI=1S/C55H45FN6O5/c1-32-49(54(2,3)56)46(27-28-59-31-42(57-58-59)50(63)36-11-5-4-6-12-36)67-55(32)41-29-38(62-45-20-10-16-35-14-8-18-40(48(35)45)52(62)65)25-26-43(41)60(53(55)66)30-33-21-23-37(24-22-33)61-44-19-9-15-34-13-7-17-39(47(34)44)51(61)64/h4-26,29,31-32,46,49-50,63H,27-28,30H2,1-3H3/t32-,46+,49-,50+,55+/m0/s1. The largest absolute Gasteiger partial charge is 0.382 e. The lowest BCUT2D eigenvalue weighted by Gasteiger charge is -2.32. The third-order valence-electron chi connectivity index (χ3n) is 14.4. The van der Waals surface area contributed by atoms with Gasteiger partial charge in [-0.05, 0) is 96.8 Å². The van der Waals surface area contributed by atoms with Gasteiger partial charge in [-0.15, -0.1) is 5.10 Å². The maximum absolute atomic E-state index is 16.9. The fourth-order valence-corrected chi connectivity index (χ4v) is 11.5. The highest BCUT2D eigenvalue weighted by Crippen LogP contribution is 2.59. The third kappa shape index (κ3) is 6.12. The van der Waals surface area contributed by atoms with E-state index >= 15 is 9.18 Å². The number of hydrogen-bond donors (Lipinski definition) is 1. The fraction of sp³-hybridized carbons (Fsp3) is 0.218. The van der Waals surface area contributed by atoms with Gasteiger partial charge in [-0.2, -0.15) is 0 Å². The number of benzene rings is 7. The first-order valence-electron chi connectivity index (χ1n) is 22.7. The third-order valence-corrected chi connectivity index (χ3v) is 14.4. The monoisotopic (exact) mass is 888 g/mol. The smallest absolute Gasteiger partial charge is 0.264 e. The second kappa shape index (κ2) is 15.0. The maximum Gasteiger partial charge on any atom is 0.264 e. The summed E-state index contributed by atoms with van der Waals surface area (Å²) in [5.41, 5.74) is 3.75. The number of nitrogens with zero attached hydrogens (tertiary/aromatic N) is 6. The molecule has 67 heavy (non-hydrogen) atoms. The van der Waals surface area contributed by atoms with Crippen LogP contribution in [0.5, 0.6) is 0 Å². The number of hydrogen-bond acceptors (Lipinski definition) is 7. The first-order chi connectivity index (χ1) is 32.4. The van der Waals surface area contributed by atoms with Crippen molar-refractivity contribution in [1.82, 2.24) is 15.0 Å². The number of anilines is 5. The predicted octanol–water partition coefficient (Wildman–Crippen LogP) is 10.5. The Bertz CT molecular complexity index is 3340. The Labute approximate surface area is 385 Å². The van der Waals surface area contributed by atoms with Gasteiger partial charge >= 0.3 is 0 Å². The van der Waals surface area contributed by atoms with Gasteiger partial charge in [-0.1, -0.05) is 103 Å². The molecule has 12 rings (SSSR count). The molecule has 0 radical (unpaired) electrons. The van der Waals surface area contributed by atoms with Crippen LogP contribution in [-0.2, 0) is 28.2 Å². The van der Waals surface area contributed by atoms with E-state index in [1.807, 2.05) is 153 Å². The van der Waals surface area contributed by atoms with E-state index in [2.05, 4.69) is 10.3 Å². The molecule has 5 atom stereocenters. The summed E-state index contributed by atoms with van der Waals surface area (Å²) in [7, 11) is 0. The van der Waals surface area contributed by atoms with Gasteiger partial charge in [-0.25, -0.2) is 4.39 Å². The number of halogens is 1. The van der Waals surface area contributed by atoms with Crippen LogP contribution in [0.15, 0.2) is 152 Å². The zero-order chi connectivity index (χ0) is 45.9. The first kappa shape index (κ1) is 40.9. The Balaban J connectivity index is 0.906. The van der Waals surface area contributed by atoms with Crippen molar-refractivity contribution in [2.45, 2.75) is 63.8 Å². The summed E-state index contributed by atoms with van der Waals surface area (Å²) in [5.74, 6) is -1.99. The average Bonchev–Trinajstić information content (AvgIpc) is 4.13. The summed E-state index contributed by atoms with van der Waals surface area (Å²) in [4.78, 5) is 48.8. The number of fused-ring (bicyclic) bond motifs is 2. The molecule has 1 fully saturated rings. The summed E-state index contributed by atoms with van der Waals surface area (Å²) >= 11 is 0. The van der Waals surface area contributed by atoms with Crippen LogP contribution >= 0.6 is 0 Å². The molecule has 0 saturated carbocycles. The van der Waals surface area contributed by atoms with E-state index in [-0.39, 0.29) is 30.8 Å². The molecule has 0 unspecified atom stereocenters. The Kier molecular flexibility index (Phi) is 9.16. The summed E-state index contributed by atoms with van der Waals surface area (Å²) in [6.45, 7) is 5.42. The second-order valence-electron chi connectivity index (χ2n) is 18.7. The van der Waals surface area contributed by atoms with Crippen LogP contribution in [0.1, 0.15) is 76.4 Å². The van der Waals surface area contributed by atoms with E-state index < -0.39 is 35.3 Å². The average molecular weight is 889 g/mol. The Hall–Kier alpha value is -7.54. The van der Waals surface area contributed by atoms with Gasteiger partial charge in [0.25, 0.3) is 17.7 Å². The molecule has 12 heteroatoms. The molecule has 1 spiro atoms. The molecule has 1 saturated heterocycles. The summed E-state index contributed by atoms with van der Waals surface area (Å²) in [6.07, 6.45) is 0.271. The number of ether oxygens (including phenoxy) is 1. The molecular formula is C55H45FN6O5. The van der Waals surface area contributed by atoms with Crippen LogP contribution in [0.3, 0.4) is 0 Å². The molecule has 4 aliphatic rings. The Morgan fingerprint density at radius 2 is 1.33 bits per heavy atom. The Morgan fingerprint density at radius 1 is 0.731 bits per heavy atom. The maximum atomic E-state index is 16.9. The molecule has 1 aromatic heterocycles. The minimum Gasteiger partial charge on any atom is -0.382 e. The Morgan fingerprint density at radius 3 is 1.96 bits per heavy atom. The molecule has 7 aromatic carbocycles. The van der Waals surface area contributed by atoms with Crippen molar-refractivity contribution < 1.29 is 28.6 Å². The minimum absolute atomic E-state index is 0.0990. The number of carbonyl (C=O) groups excluding carboxylic acids is 3. The van der Waals surface area contributed by atoms with Crippen molar-refractivity contribution in [3.8, 4) is 0 Å². The second-order valence-corrected chi connectivity index (χ2v) is 18.7. The van der Waals surface area contributed by atoms with Gasteiger partial charge < -0.3 is 14.7 Å². The van der Waals surface area contributed by atoms with Crippen molar-refractivity contribution >= 4 is 67.7 Å². The van der Waals surface area contributed by atoms with E-state index in [0.717, 1.165) is 38.5 Å². The van der Waals surface area contributed by atoms with Crippen LogP contribution in [0.25, 0.3) is 21.5 Å². The van der Waals surface area contributed by atoms with E-state index in [4.69, 9.17) is 4.74 Å². The van der Waals surface area contributed by atoms with Gasteiger partial charge in [0.1, 0.15) is 17.5 Å². The molecule has 0 bridgehead atoms. The van der Waals surface area contributed by atoms with Crippen LogP contribution in [0, 0.1) is 11.8 Å². The van der Waals surface area contributed by atoms with Gasteiger partial charge in [0.05, 0.1) is 47.0 Å². The number of alkyl halides is 1. The normalized spacial score (nSPS) is 21.2. The van der Waals surface area contributed by atoms with Crippen molar-refractivity contribution in [2.24, 2.45) is 11.8 Å². The van der Waals surface area contributed by atoms with E-state index in [9.17, 15) is 14.7 Å². The molecule has 3 amide bonds. The topological polar surface area (TPSA) is 121 Å². The van der Waals surface area contributed by atoms with Gasteiger partial charge in [0, 0.05) is 46.1 Å². The van der Waals surface area contributed by atoms with Gasteiger partial charge in [0.2, 0.25) is 0 Å². The quantitative estimate of drug-likeness (QED) is 0.145. The number of aromatic nitrogens is 3. The highest BCUT2D eigenvalue weighted by molar-refractivity contribution is 6.29. The molecule has 5 heterocycles. The number of rotatable bonds is 10. The molecule has 4 aliphatic heterocycles. The minimum atomic E-state index is -1.77. The number of carbonyl (C=O) groups is 3. The fourth-order valence-electron chi connectivity index (χ4n) is 11.5. The lowest BCUT2D eigenvalue weighted by Crippen LogP contribution is -2.45. The highest BCUT2D eigenvalue weighted by Gasteiger charge is 2.66. The number of aliphatic hydroxyl groups excluding tert-OH is 1. The molecule has 1 N–H and O–H groups in total. The van der Waals surface area contributed by atoms with Gasteiger partial charge in [-0.3, -0.25) is 28.9 Å². The van der Waals surface area contributed by atoms with Gasteiger partial charge in [0.15, 0.2) is 5.60 Å².